The molecule has 0 spiro atoms. The van der Waals surface area contributed by atoms with E-state index in [0.717, 1.165) is 4.47 Å². The molecule has 3 N–H and O–H groups in total. The second kappa shape index (κ2) is 3.93. The lowest BCUT2D eigenvalue weighted by molar-refractivity contribution is 0.696. The minimum absolute atomic E-state index is 0.251. The molecule has 0 amide bonds. The molecular weight excluding hydrogens is 268 g/mol. The number of nitrogens with one attached hydrogen (secondary N) is 1. The minimum Gasteiger partial charge on any atom is -0.365 e. The summed E-state index contributed by atoms with van der Waals surface area (Å²) in [7, 11) is 0. The van der Waals surface area contributed by atoms with Gasteiger partial charge in [0, 0.05) is 14.7 Å². The second-order valence-electron chi connectivity index (χ2n) is 2.52. The second-order valence-corrected chi connectivity index (χ2v) is 4.43. The van der Waals surface area contributed by atoms with Crippen LogP contribution in [-0.2, 0) is 6.54 Å². The van der Waals surface area contributed by atoms with Crippen molar-refractivity contribution in [2.24, 2.45) is 0 Å². The number of thiophene rings is 1. The number of hydrogen-bond acceptors (Lipinski definition) is 6. The zero-order valence-electron chi connectivity index (χ0n) is 7.01. The Labute approximate surface area is 92.2 Å². The summed E-state index contributed by atoms with van der Waals surface area (Å²) in [6.07, 6.45) is 0. The molecule has 2 heterocycles. The van der Waals surface area contributed by atoms with Crippen LogP contribution in [0.5, 0.6) is 0 Å². The van der Waals surface area contributed by atoms with Gasteiger partial charge in [-0.3, -0.25) is 5.43 Å². The molecule has 0 aromatic carbocycles. The van der Waals surface area contributed by atoms with Gasteiger partial charge in [-0.15, -0.1) is 16.1 Å². The summed E-state index contributed by atoms with van der Waals surface area (Å²) < 4.78 is 1.07. The van der Waals surface area contributed by atoms with E-state index in [4.69, 9.17) is 5.73 Å². The van der Waals surface area contributed by atoms with E-state index in [1.807, 2.05) is 11.4 Å². The summed E-state index contributed by atoms with van der Waals surface area (Å²) in [4.78, 5) is 2.51. The van der Waals surface area contributed by atoms with Crippen LogP contribution in [0, 0.1) is 0 Å². The highest BCUT2D eigenvalue weighted by Crippen LogP contribution is 2.19. The Bertz CT molecular complexity index is 423. The first-order chi connectivity index (χ1) is 6.75. The molecule has 2 aromatic heterocycles. The van der Waals surface area contributed by atoms with Crippen LogP contribution in [-0.4, -0.2) is 20.3 Å². The van der Waals surface area contributed by atoms with Crippen LogP contribution in [0.2, 0.25) is 0 Å². The van der Waals surface area contributed by atoms with Crippen LogP contribution in [0.15, 0.2) is 15.9 Å². The van der Waals surface area contributed by atoms with Crippen molar-refractivity contribution in [3.05, 3.63) is 20.8 Å². The third-order valence-corrected chi connectivity index (χ3v) is 3.22. The molecule has 14 heavy (non-hydrogen) atoms. The third-order valence-electron chi connectivity index (χ3n) is 1.52. The summed E-state index contributed by atoms with van der Waals surface area (Å²) in [6, 6.07) is 2.03. The van der Waals surface area contributed by atoms with Gasteiger partial charge < -0.3 is 5.73 Å². The summed E-state index contributed by atoms with van der Waals surface area (Å²) in [6.45, 7) is 0.644. The molecule has 8 heteroatoms. The number of nitrogens with zero attached hydrogens (tertiary/aromatic N) is 4. The highest BCUT2D eigenvalue weighted by molar-refractivity contribution is 9.10. The Morgan fingerprint density at radius 1 is 1.64 bits per heavy atom. The van der Waals surface area contributed by atoms with Gasteiger partial charge in [-0.1, -0.05) is 5.10 Å². The topological polar surface area (TPSA) is 81.7 Å². The highest BCUT2D eigenvalue weighted by Gasteiger charge is 2.01. The van der Waals surface area contributed by atoms with E-state index in [1.165, 1.54) is 9.67 Å². The molecule has 0 bridgehead atoms. The molecular formula is C6H7BrN6S. The van der Waals surface area contributed by atoms with Gasteiger partial charge in [0.1, 0.15) is 0 Å². The Morgan fingerprint density at radius 2 is 2.50 bits per heavy atom. The number of halogens is 1. The predicted octanol–water partition coefficient (Wildman–Crippen LogP) is 0.823. The van der Waals surface area contributed by atoms with Crippen LogP contribution in [0.1, 0.15) is 4.88 Å². The van der Waals surface area contributed by atoms with Crippen molar-refractivity contribution < 1.29 is 0 Å². The van der Waals surface area contributed by atoms with Crippen LogP contribution in [0.4, 0.5) is 5.95 Å². The summed E-state index contributed by atoms with van der Waals surface area (Å²) in [5.41, 5.74) is 8.44. The molecule has 0 aliphatic carbocycles. The number of nitrogens with two attached hydrogens (primary N) is 1. The summed E-state index contributed by atoms with van der Waals surface area (Å²) in [5.74, 6) is 0.251. The van der Waals surface area contributed by atoms with E-state index >= 15 is 0 Å². The van der Waals surface area contributed by atoms with Crippen LogP contribution >= 0.6 is 27.3 Å². The van der Waals surface area contributed by atoms with E-state index in [-0.39, 0.29) is 5.95 Å². The predicted molar refractivity (Wildman–Crippen MR) is 57.3 cm³/mol. The van der Waals surface area contributed by atoms with Gasteiger partial charge >= 0.3 is 0 Å². The molecule has 0 aliphatic rings. The molecule has 0 radical (unpaired) electrons. The van der Waals surface area contributed by atoms with Gasteiger partial charge in [-0.25, -0.2) is 0 Å². The molecule has 2 aromatic rings. The summed E-state index contributed by atoms with van der Waals surface area (Å²) >= 11 is 5.02. The van der Waals surface area contributed by atoms with E-state index in [9.17, 15) is 0 Å². The minimum atomic E-state index is 0.251. The smallest absolute Gasteiger partial charge is 0.260 e. The van der Waals surface area contributed by atoms with E-state index in [2.05, 4.69) is 36.9 Å². The van der Waals surface area contributed by atoms with Crippen molar-refractivity contribution in [1.82, 2.24) is 20.3 Å². The molecule has 0 unspecified atom stereocenters. The highest BCUT2D eigenvalue weighted by atomic mass is 79.9. The van der Waals surface area contributed by atoms with Gasteiger partial charge in [0.15, 0.2) is 0 Å². The molecule has 0 saturated carbocycles. The van der Waals surface area contributed by atoms with E-state index in [1.54, 1.807) is 11.3 Å². The number of tetrazole rings is 1. The first-order valence-corrected chi connectivity index (χ1v) is 5.43. The molecule has 74 valence electrons. The van der Waals surface area contributed by atoms with Crippen molar-refractivity contribution in [3.63, 3.8) is 0 Å². The maximum absolute atomic E-state index is 5.47. The van der Waals surface area contributed by atoms with Gasteiger partial charge in [0.25, 0.3) is 5.95 Å². The largest absolute Gasteiger partial charge is 0.365 e. The van der Waals surface area contributed by atoms with Crippen LogP contribution in [0.25, 0.3) is 0 Å². The molecule has 6 nitrogen and oxygen atoms in total. The van der Waals surface area contributed by atoms with Crippen molar-refractivity contribution in [1.29, 1.82) is 0 Å². The van der Waals surface area contributed by atoms with Gasteiger partial charge in [0.2, 0.25) is 0 Å². The zero-order chi connectivity index (χ0) is 9.97. The number of anilines is 1. The third kappa shape index (κ3) is 2.02. The van der Waals surface area contributed by atoms with Crippen molar-refractivity contribution in [2.75, 3.05) is 11.2 Å². The average molecular weight is 275 g/mol. The fraction of sp³-hybridized carbons (Fsp3) is 0.167. The number of rotatable bonds is 3. The van der Waals surface area contributed by atoms with Crippen LogP contribution in [0.3, 0.4) is 0 Å². The monoisotopic (exact) mass is 274 g/mol. The number of hydrogen-bond donors (Lipinski definition) is 2. The molecule has 0 saturated heterocycles. The Hall–Kier alpha value is -1.15. The Balaban J connectivity index is 1.98. The maximum Gasteiger partial charge on any atom is 0.260 e. The standard InChI is InChI=1S/C6H7BrN6S/c7-4-1-5(14-3-4)2-9-13-6(8)10-11-12-13/h1,3,9H,2H2,(H2,8,10,12). The maximum atomic E-state index is 5.47. The molecule has 0 atom stereocenters. The van der Waals surface area contributed by atoms with Gasteiger partial charge in [-0.05, 0) is 32.4 Å². The van der Waals surface area contributed by atoms with Crippen molar-refractivity contribution in [2.45, 2.75) is 6.54 Å². The first kappa shape index (κ1) is 9.41. The molecule has 2 rings (SSSR count). The first-order valence-electron chi connectivity index (χ1n) is 3.76. The van der Waals surface area contributed by atoms with Crippen molar-refractivity contribution in [3.8, 4) is 0 Å². The van der Waals surface area contributed by atoms with E-state index in [0.29, 0.717) is 6.54 Å². The number of aromatic nitrogens is 4. The van der Waals surface area contributed by atoms with Crippen LogP contribution < -0.4 is 11.2 Å². The summed E-state index contributed by atoms with van der Waals surface area (Å²) in [5, 5.41) is 12.6. The fourth-order valence-corrected chi connectivity index (χ4v) is 2.29. The molecule has 0 aliphatic heterocycles. The SMILES string of the molecule is Nc1nnnn1NCc1cc(Br)cs1. The average Bonchev–Trinajstić information content (AvgIpc) is 2.72. The van der Waals surface area contributed by atoms with Crippen molar-refractivity contribution >= 4 is 33.2 Å². The van der Waals surface area contributed by atoms with Gasteiger partial charge in [0.05, 0.1) is 6.54 Å². The lowest BCUT2D eigenvalue weighted by Gasteiger charge is -2.02. The van der Waals surface area contributed by atoms with Gasteiger partial charge in [-0.2, -0.15) is 0 Å². The zero-order valence-corrected chi connectivity index (χ0v) is 9.42. The Kier molecular flexibility index (Phi) is 2.64. The lowest BCUT2D eigenvalue weighted by Crippen LogP contribution is -2.17. The normalized spacial score (nSPS) is 10.4. The Morgan fingerprint density at radius 3 is 3.07 bits per heavy atom. The number of nitrogen functional groups attached to an aromatic ring is 1. The van der Waals surface area contributed by atoms with E-state index < -0.39 is 0 Å². The molecule has 0 fully saturated rings. The quantitative estimate of drug-likeness (QED) is 0.866. The lowest BCUT2D eigenvalue weighted by atomic mass is 10.5. The fourth-order valence-electron chi connectivity index (χ4n) is 0.906.